The lowest BCUT2D eigenvalue weighted by molar-refractivity contribution is 0.0941. The number of aromatic nitrogens is 1. The van der Waals surface area contributed by atoms with Gasteiger partial charge in [-0.15, -0.1) is 0 Å². The Labute approximate surface area is 114 Å². The van der Waals surface area contributed by atoms with Crippen LogP contribution in [-0.4, -0.2) is 10.5 Å². The maximum absolute atomic E-state index is 13.9. The zero-order valence-corrected chi connectivity index (χ0v) is 10.7. The number of benzene rings is 2. The molecule has 100 valence electrons. The van der Waals surface area contributed by atoms with Crippen molar-refractivity contribution in [2.75, 3.05) is 0 Å². The molecule has 0 amide bonds. The van der Waals surface area contributed by atoms with E-state index in [0.29, 0.717) is 16.5 Å². The molecule has 3 rings (SSSR count). The third kappa shape index (κ3) is 1.90. The van der Waals surface area contributed by atoms with Crippen molar-refractivity contribution in [2.24, 2.45) is 0 Å². The molecule has 2 nitrogen and oxygen atoms in total. The fourth-order valence-electron chi connectivity index (χ4n) is 2.36. The first kappa shape index (κ1) is 12.5. The average molecular weight is 271 g/mol. The minimum Gasteiger partial charge on any atom is -0.287 e. The molecule has 0 saturated heterocycles. The van der Waals surface area contributed by atoms with Gasteiger partial charge in [0.1, 0.15) is 11.6 Å². The lowest BCUT2D eigenvalue weighted by Gasteiger charge is -2.01. The predicted molar refractivity (Wildman–Crippen MR) is 73.6 cm³/mol. The Morgan fingerprint density at radius 1 is 1.05 bits per heavy atom. The molecule has 1 heterocycles. The van der Waals surface area contributed by atoms with Crippen molar-refractivity contribution in [3.63, 3.8) is 0 Å². The lowest BCUT2D eigenvalue weighted by Crippen LogP contribution is -2.02. The van der Waals surface area contributed by atoms with E-state index in [0.717, 1.165) is 18.2 Å². The van der Waals surface area contributed by atoms with Crippen molar-refractivity contribution >= 4 is 16.8 Å². The zero-order valence-electron chi connectivity index (χ0n) is 10.7. The molecule has 0 spiro atoms. The normalized spacial score (nSPS) is 10.9. The van der Waals surface area contributed by atoms with Gasteiger partial charge in [-0.1, -0.05) is 18.2 Å². The number of hydrogen-bond acceptors (Lipinski definition) is 1. The van der Waals surface area contributed by atoms with Crippen LogP contribution in [0.5, 0.6) is 0 Å². The van der Waals surface area contributed by atoms with E-state index >= 15 is 0 Å². The van der Waals surface area contributed by atoms with E-state index in [1.54, 1.807) is 30.5 Å². The van der Waals surface area contributed by atoms with Crippen LogP contribution in [0.15, 0.2) is 48.7 Å². The first-order valence-electron chi connectivity index (χ1n) is 6.14. The van der Waals surface area contributed by atoms with Crippen molar-refractivity contribution in [3.8, 4) is 11.1 Å². The first-order valence-corrected chi connectivity index (χ1v) is 6.14. The van der Waals surface area contributed by atoms with Gasteiger partial charge in [0.2, 0.25) is 5.91 Å². The fraction of sp³-hybridized carbons (Fsp3) is 0.0625. The molecule has 20 heavy (non-hydrogen) atoms. The molecule has 0 aliphatic carbocycles. The second-order valence-electron chi connectivity index (χ2n) is 4.57. The highest BCUT2D eigenvalue weighted by Crippen LogP contribution is 2.32. The van der Waals surface area contributed by atoms with Crippen LogP contribution in [0.3, 0.4) is 0 Å². The number of halogens is 2. The number of rotatable bonds is 1. The van der Waals surface area contributed by atoms with Gasteiger partial charge < -0.3 is 0 Å². The summed E-state index contributed by atoms with van der Waals surface area (Å²) in [4.78, 5) is 11.7. The largest absolute Gasteiger partial charge is 0.287 e. The highest BCUT2D eigenvalue weighted by molar-refractivity contribution is 6.01. The van der Waals surface area contributed by atoms with Gasteiger partial charge in [0, 0.05) is 29.6 Å². The molecule has 3 aromatic rings. The summed E-state index contributed by atoms with van der Waals surface area (Å²) in [6, 6.07) is 10.5. The van der Waals surface area contributed by atoms with Crippen LogP contribution >= 0.6 is 0 Å². The molecule has 0 aliphatic heterocycles. The SMILES string of the molecule is CC(=O)n1cc(-c2cc(F)ccc2F)c2ccccc21. The molecule has 0 saturated carbocycles. The Morgan fingerprint density at radius 2 is 1.80 bits per heavy atom. The number of para-hydroxylation sites is 1. The van der Waals surface area contributed by atoms with E-state index in [1.165, 1.54) is 11.5 Å². The predicted octanol–water partition coefficient (Wildman–Crippen LogP) is 4.25. The number of carbonyl (C=O) groups excluding carboxylic acids is 1. The molecule has 1 aromatic heterocycles. The van der Waals surface area contributed by atoms with Gasteiger partial charge in [-0.3, -0.25) is 9.36 Å². The third-order valence-corrected chi connectivity index (χ3v) is 3.27. The Kier molecular flexibility index (Phi) is 2.86. The topological polar surface area (TPSA) is 22.0 Å². The lowest BCUT2D eigenvalue weighted by atomic mass is 10.0. The summed E-state index contributed by atoms with van der Waals surface area (Å²) in [6.07, 6.45) is 1.55. The summed E-state index contributed by atoms with van der Waals surface area (Å²) >= 11 is 0. The van der Waals surface area contributed by atoms with Crippen molar-refractivity contribution in [2.45, 2.75) is 6.92 Å². The maximum Gasteiger partial charge on any atom is 0.227 e. The molecular formula is C16H11F2NO. The highest BCUT2D eigenvalue weighted by atomic mass is 19.1. The monoisotopic (exact) mass is 271 g/mol. The van der Waals surface area contributed by atoms with E-state index in [1.807, 2.05) is 0 Å². The highest BCUT2D eigenvalue weighted by Gasteiger charge is 2.15. The van der Waals surface area contributed by atoms with Gasteiger partial charge in [0.05, 0.1) is 5.52 Å². The Morgan fingerprint density at radius 3 is 2.55 bits per heavy atom. The van der Waals surface area contributed by atoms with E-state index in [9.17, 15) is 13.6 Å². The summed E-state index contributed by atoms with van der Waals surface area (Å²) in [5.41, 5.74) is 1.34. The molecule has 0 radical (unpaired) electrons. The standard InChI is InChI=1S/C16H11F2NO/c1-10(20)19-9-14(12-4-2-3-5-16(12)19)13-8-11(17)6-7-15(13)18/h2-9H,1H3. The number of carbonyl (C=O) groups is 1. The van der Waals surface area contributed by atoms with Crippen LogP contribution in [-0.2, 0) is 0 Å². The van der Waals surface area contributed by atoms with Crippen molar-refractivity contribution < 1.29 is 13.6 Å². The average Bonchev–Trinajstić information content (AvgIpc) is 2.81. The molecule has 0 aliphatic rings. The van der Waals surface area contributed by atoms with Crippen LogP contribution in [0, 0.1) is 11.6 Å². The van der Waals surface area contributed by atoms with E-state index in [4.69, 9.17) is 0 Å². The number of nitrogens with zero attached hydrogens (tertiary/aromatic N) is 1. The maximum atomic E-state index is 13.9. The molecule has 0 atom stereocenters. The van der Waals surface area contributed by atoms with Crippen molar-refractivity contribution in [1.29, 1.82) is 0 Å². The van der Waals surface area contributed by atoms with Crippen LogP contribution < -0.4 is 0 Å². The first-order chi connectivity index (χ1) is 9.58. The van der Waals surface area contributed by atoms with Gasteiger partial charge in [-0.2, -0.15) is 0 Å². The molecule has 0 bridgehead atoms. The summed E-state index contributed by atoms with van der Waals surface area (Å²) in [6.45, 7) is 1.43. The third-order valence-electron chi connectivity index (χ3n) is 3.27. The van der Waals surface area contributed by atoms with E-state index in [-0.39, 0.29) is 11.5 Å². The summed E-state index contributed by atoms with van der Waals surface area (Å²) in [5.74, 6) is -1.21. The van der Waals surface area contributed by atoms with Crippen LogP contribution in [0.4, 0.5) is 8.78 Å². The Balaban J connectivity index is 2.37. The Bertz CT molecular complexity index is 820. The molecule has 0 N–H and O–H groups in total. The minimum absolute atomic E-state index is 0.154. The molecule has 0 unspecified atom stereocenters. The number of hydrogen-bond donors (Lipinski definition) is 0. The van der Waals surface area contributed by atoms with Crippen LogP contribution in [0.1, 0.15) is 11.7 Å². The smallest absolute Gasteiger partial charge is 0.227 e. The quantitative estimate of drug-likeness (QED) is 0.648. The second-order valence-corrected chi connectivity index (χ2v) is 4.57. The van der Waals surface area contributed by atoms with Gasteiger partial charge >= 0.3 is 0 Å². The minimum atomic E-state index is -0.516. The summed E-state index contributed by atoms with van der Waals surface area (Å²) in [5, 5.41) is 0.715. The molecule has 4 heteroatoms. The second kappa shape index (κ2) is 4.56. The van der Waals surface area contributed by atoms with Crippen LogP contribution in [0.2, 0.25) is 0 Å². The molecule has 2 aromatic carbocycles. The Hall–Kier alpha value is -2.49. The summed E-state index contributed by atoms with van der Waals surface area (Å²) < 4.78 is 28.7. The van der Waals surface area contributed by atoms with Crippen molar-refractivity contribution in [1.82, 2.24) is 4.57 Å². The molecular weight excluding hydrogens is 260 g/mol. The van der Waals surface area contributed by atoms with Crippen molar-refractivity contribution in [3.05, 3.63) is 60.3 Å². The fourth-order valence-corrected chi connectivity index (χ4v) is 2.36. The molecule has 0 fully saturated rings. The van der Waals surface area contributed by atoms with Gasteiger partial charge in [0.25, 0.3) is 0 Å². The van der Waals surface area contributed by atoms with Gasteiger partial charge in [-0.05, 0) is 24.3 Å². The van der Waals surface area contributed by atoms with E-state index < -0.39 is 11.6 Å². The summed E-state index contributed by atoms with van der Waals surface area (Å²) in [7, 11) is 0. The van der Waals surface area contributed by atoms with Crippen LogP contribution in [0.25, 0.3) is 22.0 Å². The van der Waals surface area contributed by atoms with Gasteiger partial charge in [0.15, 0.2) is 0 Å². The van der Waals surface area contributed by atoms with E-state index in [2.05, 4.69) is 0 Å². The number of fused-ring (bicyclic) bond motifs is 1. The zero-order chi connectivity index (χ0) is 14.3. The van der Waals surface area contributed by atoms with Gasteiger partial charge in [-0.25, -0.2) is 8.78 Å².